The molecule has 0 saturated carbocycles. The van der Waals surface area contributed by atoms with Crippen molar-refractivity contribution >= 4 is 27.1 Å². The van der Waals surface area contributed by atoms with Crippen molar-refractivity contribution in [3.63, 3.8) is 0 Å². The molecule has 0 N–H and O–H groups in total. The van der Waals surface area contributed by atoms with E-state index in [1.807, 2.05) is 18.3 Å². The summed E-state index contributed by atoms with van der Waals surface area (Å²) in [6.45, 7) is 3.91. The van der Waals surface area contributed by atoms with Crippen LogP contribution in [0.1, 0.15) is 24.0 Å². The van der Waals surface area contributed by atoms with Gasteiger partial charge in [-0.05, 0) is 85.8 Å². The zero-order valence-electron chi connectivity index (χ0n) is 24.4. The van der Waals surface area contributed by atoms with Crippen molar-refractivity contribution in [3.8, 4) is 22.3 Å². The van der Waals surface area contributed by atoms with Gasteiger partial charge >= 0.3 is 0 Å². The molecule has 0 atom stereocenters. The van der Waals surface area contributed by atoms with Crippen LogP contribution in [-0.2, 0) is 6.42 Å². The molecule has 0 amide bonds. The molecule has 0 saturated heterocycles. The van der Waals surface area contributed by atoms with Gasteiger partial charge in [0.25, 0.3) is 0 Å². The number of hydrogen-bond donors (Lipinski definition) is 0. The second kappa shape index (κ2) is 13.6. The van der Waals surface area contributed by atoms with E-state index in [0.29, 0.717) is 0 Å². The molecule has 0 bridgehead atoms. The Kier molecular flexibility index (Phi) is 8.81. The van der Waals surface area contributed by atoms with Crippen LogP contribution in [-0.4, -0.2) is 4.98 Å². The molecule has 1 aromatic heterocycles. The molecule has 0 aliphatic carbocycles. The Hall–Kier alpha value is -5.27. The van der Waals surface area contributed by atoms with Gasteiger partial charge in [-0.1, -0.05) is 146 Å². The predicted octanol–water partition coefficient (Wildman–Crippen LogP) is 11.4. The lowest BCUT2D eigenvalue weighted by atomic mass is 9.87. The van der Waals surface area contributed by atoms with Crippen LogP contribution in [0.4, 0.5) is 0 Å². The van der Waals surface area contributed by atoms with Crippen molar-refractivity contribution in [1.82, 2.24) is 4.98 Å². The average molecular weight is 554 g/mol. The Morgan fingerprint density at radius 2 is 1.23 bits per heavy atom. The van der Waals surface area contributed by atoms with E-state index in [1.54, 1.807) is 6.20 Å². The van der Waals surface area contributed by atoms with Crippen LogP contribution in [0.3, 0.4) is 0 Å². The minimum absolute atomic E-state index is 0.832. The maximum atomic E-state index is 4.25. The fourth-order valence-electron chi connectivity index (χ4n) is 5.81. The van der Waals surface area contributed by atoms with Crippen LogP contribution in [0.15, 0.2) is 171 Å². The lowest BCUT2D eigenvalue weighted by molar-refractivity contribution is 1.28. The second-order valence-electron chi connectivity index (χ2n) is 10.6. The molecule has 5 aromatic carbocycles. The summed E-state index contributed by atoms with van der Waals surface area (Å²) in [5, 5.41) is 5.26. The lowest BCUT2D eigenvalue weighted by Gasteiger charge is -2.16. The van der Waals surface area contributed by atoms with E-state index in [0.717, 1.165) is 24.8 Å². The number of hydrogen-bond acceptors (Lipinski definition) is 1. The Labute approximate surface area is 254 Å². The third-order valence-corrected chi connectivity index (χ3v) is 7.88. The number of benzene rings is 5. The van der Waals surface area contributed by atoms with Crippen LogP contribution >= 0.6 is 0 Å². The highest BCUT2D eigenvalue weighted by Crippen LogP contribution is 2.39. The smallest absolute Gasteiger partial charge is 0.0346 e. The molecule has 0 fully saturated rings. The Balaban J connectivity index is 1.22. The monoisotopic (exact) mass is 553 g/mol. The maximum absolute atomic E-state index is 4.25. The summed E-state index contributed by atoms with van der Waals surface area (Å²) in [4.78, 5) is 4.25. The first kappa shape index (κ1) is 27.9. The zero-order chi connectivity index (χ0) is 29.3. The number of pyridine rings is 1. The minimum atomic E-state index is 0.832. The zero-order valence-corrected chi connectivity index (χ0v) is 24.4. The number of allylic oxidation sites excluding steroid dienone is 7. The molecule has 0 aliphatic rings. The fraction of sp³-hybridized carbons (Fsp3) is 0.0714. The lowest BCUT2D eigenvalue weighted by Crippen LogP contribution is -1.92. The van der Waals surface area contributed by atoms with E-state index in [9.17, 15) is 0 Å². The van der Waals surface area contributed by atoms with Gasteiger partial charge in [-0.25, -0.2) is 0 Å². The van der Waals surface area contributed by atoms with Crippen molar-refractivity contribution in [2.24, 2.45) is 0 Å². The van der Waals surface area contributed by atoms with Gasteiger partial charge in [0.2, 0.25) is 0 Å². The highest BCUT2D eigenvalue weighted by molar-refractivity contribution is 6.15. The molecule has 208 valence electrons. The summed E-state index contributed by atoms with van der Waals surface area (Å²) in [6.07, 6.45) is 19.5. The number of aromatic nitrogens is 1. The van der Waals surface area contributed by atoms with E-state index in [1.165, 1.54) is 54.9 Å². The van der Waals surface area contributed by atoms with Gasteiger partial charge in [0, 0.05) is 12.4 Å². The first-order chi connectivity index (χ1) is 21.3. The van der Waals surface area contributed by atoms with E-state index in [2.05, 4.69) is 151 Å². The van der Waals surface area contributed by atoms with Crippen molar-refractivity contribution in [2.75, 3.05) is 0 Å². The number of nitrogens with zero attached hydrogens (tertiary/aromatic N) is 1. The molecular formula is C42H35N. The molecule has 0 radical (unpaired) electrons. The minimum Gasteiger partial charge on any atom is -0.264 e. The SMILES string of the molecule is C=CC/C=C(\C=C/C/C=C\Cc1c2ccccc2c(-c2ccccc2)c2ccccc12)c1ccc(-c2cccnc2)cc1. The fourth-order valence-corrected chi connectivity index (χ4v) is 5.81. The maximum Gasteiger partial charge on any atom is 0.0346 e. The summed E-state index contributed by atoms with van der Waals surface area (Å²) in [5.74, 6) is 0. The predicted molar refractivity (Wildman–Crippen MR) is 186 cm³/mol. The topological polar surface area (TPSA) is 12.9 Å². The normalized spacial score (nSPS) is 12.0. The molecule has 1 heterocycles. The Morgan fingerprint density at radius 1 is 0.581 bits per heavy atom. The Bertz CT molecular complexity index is 1870. The van der Waals surface area contributed by atoms with Crippen molar-refractivity contribution in [1.29, 1.82) is 0 Å². The molecule has 0 aliphatic heterocycles. The van der Waals surface area contributed by atoms with E-state index < -0.39 is 0 Å². The Morgan fingerprint density at radius 3 is 1.88 bits per heavy atom. The molecule has 1 nitrogen and oxygen atoms in total. The van der Waals surface area contributed by atoms with Gasteiger partial charge < -0.3 is 0 Å². The highest BCUT2D eigenvalue weighted by Gasteiger charge is 2.14. The molecule has 1 heteroatoms. The van der Waals surface area contributed by atoms with Gasteiger partial charge in [0.05, 0.1) is 0 Å². The van der Waals surface area contributed by atoms with Gasteiger partial charge in [-0.15, -0.1) is 6.58 Å². The molecule has 0 spiro atoms. The van der Waals surface area contributed by atoms with Crippen LogP contribution in [0.25, 0.3) is 49.4 Å². The van der Waals surface area contributed by atoms with E-state index in [4.69, 9.17) is 0 Å². The molecule has 6 aromatic rings. The highest BCUT2D eigenvalue weighted by atomic mass is 14.6. The van der Waals surface area contributed by atoms with E-state index in [-0.39, 0.29) is 0 Å². The largest absolute Gasteiger partial charge is 0.264 e. The van der Waals surface area contributed by atoms with Crippen LogP contribution in [0.5, 0.6) is 0 Å². The summed E-state index contributed by atoms with van der Waals surface area (Å²) in [7, 11) is 0. The first-order valence-electron chi connectivity index (χ1n) is 14.9. The second-order valence-corrected chi connectivity index (χ2v) is 10.6. The number of fused-ring (bicyclic) bond motifs is 2. The standard InChI is InChI=1S/C42H35N/c1-2-3-16-32(33-26-28-34(29-27-33)36-20-15-30-43-31-36)17-7-4-5-10-21-37-38-22-11-13-24-40(38)42(35-18-8-6-9-19-35)41-25-14-12-23-39(37)41/h2,5-20,22-31H,1,3-4,21H2/b10-5-,17-7-,32-16+. The third kappa shape index (κ3) is 6.32. The van der Waals surface area contributed by atoms with Crippen molar-refractivity contribution in [3.05, 3.63) is 182 Å². The van der Waals surface area contributed by atoms with Gasteiger partial charge in [0.15, 0.2) is 0 Å². The van der Waals surface area contributed by atoms with Crippen LogP contribution in [0.2, 0.25) is 0 Å². The molecular weight excluding hydrogens is 518 g/mol. The molecule has 43 heavy (non-hydrogen) atoms. The first-order valence-corrected chi connectivity index (χ1v) is 14.9. The quantitative estimate of drug-likeness (QED) is 0.0934. The van der Waals surface area contributed by atoms with Crippen LogP contribution < -0.4 is 0 Å². The van der Waals surface area contributed by atoms with Crippen LogP contribution in [0, 0.1) is 0 Å². The van der Waals surface area contributed by atoms with Gasteiger partial charge in [-0.3, -0.25) is 4.98 Å². The van der Waals surface area contributed by atoms with Crippen molar-refractivity contribution < 1.29 is 0 Å². The van der Waals surface area contributed by atoms with Gasteiger partial charge in [0.1, 0.15) is 0 Å². The summed E-state index contributed by atoms with van der Waals surface area (Å²) in [6, 6.07) is 41.2. The summed E-state index contributed by atoms with van der Waals surface area (Å²) >= 11 is 0. The summed E-state index contributed by atoms with van der Waals surface area (Å²) < 4.78 is 0. The molecule has 0 unspecified atom stereocenters. The average Bonchev–Trinajstić information content (AvgIpc) is 3.08. The molecule has 6 rings (SSSR count). The van der Waals surface area contributed by atoms with E-state index >= 15 is 0 Å². The summed E-state index contributed by atoms with van der Waals surface area (Å²) in [5.41, 5.74) is 8.66. The van der Waals surface area contributed by atoms with Crippen molar-refractivity contribution in [2.45, 2.75) is 19.3 Å². The third-order valence-electron chi connectivity index (χ3n) is 7.88. The number of rotatable bonds is 10. The van der Waals surface area contributed by atoms with Gasteiger partial charge in [-0.2, -0.15) is 0 Å².